The van der Waals surface area contributed by atoms with Gasteiger partial charge in [0.1, 0.15) is 5.75 Å². The Morgan fingerprint density at radius 1 is 1.21 bits per heavy atom. The molecule has 0 spiro atoms. The molecule has 1 atom stereocenters. The minimum atomic E-state index is -3.69. The number of carbonyl (C=O) groups excluding carboxylic acids is 1. The van der Waals surface area contributed by atoms with Crippen molar-refractivity contribution in [2.75, 3.05) is 13.1 Å². The van der Waals surface area contributed by atoms with Crippen molar-refractivity contribution in [2.45, 2.75) is 37.3 Å². The van der Waals surface area contributed by atoms with E-state index in [-0.39, 0.29) is 35.2 Å². The van der Waals surface area contributed by atoms with E-state index in [4.69, 9.17) is 0 Å². The number of carbonyl (C=O) groups is 1. The van der Waals surface area contributed by atoms with Crippen molar-refractivity contribution in [1.29, 1.82) is 0 Å². The van der Waals surface area contributed by atoms with Crippen LogP contribution in [0, 0.1) is 0 Å². The van der Waals surface area contributed by atoms with Crippen LogP contribution in [0.2, 0.25) is 0 Å². The number of phenols is 1. The van der Waals surface area contributed by atoms with Crippen LogP contribution in [0.1, 0.15) is 34.8 Å². The van der Waals surface area contributed by atoms with Gasteiger partial charge in [0.25, 0.3) is 5.91 Å². The zero-order valence-corrected chi connectivity index (χ0v) is 16.4. The molecule has 2 aromatic rings. The van der Waals surface area contributed by atoms with E-state index in [1.165, 1.54) is 6.07 Å². The number of nitrogens with one attached hydrogen (secondary N) is 1. The van der Waals surface area contributed by atoms with Gasteiger partial charge < -0.3 is 15.1 Å². The maximum absolute atomic E-state index is 12.7. The summed E-state index contributed by atoms with van der Waals surface area (Å²) < 4.78 is 27.4. The number of sulfonamides is 1. The Labute approximate surface area is 164 Å². The summed E-state index contributed by atoms with van der Waals surface area (Å²) in [6.07, 6.45) is 0.359. The zero-order valence-electron chi connectivity index (χ0n) is 15.6. The molecule has 1 amide bonds. The van der Waals surface area contributed by atoms with E-state index in [1.54, 1.807) is 48.2 Å². The second-order valence-electron chi connectivity index (χ2n) is 6.96. The summed E-state index contributed by atoms with van der Waals surface area (Å²) in [4.78, 5) is 14.5. The number of aromatic hydroxyl groups is 1. The van der Waals surface area contributed by atoms with Gasteiger partial charge in [-0.25, -0.2) is 13.1 Å². The van der Waals surface area contributed by atoms with Crippen molar-refractivity contribution in [3.63, 3.8) is 0 Å². The molecule has 0 aliphatic carbocycles. The van der Waals surface area contributed by atoms with Crippen molar-refractivity contribution < 1.29 is 23.4 Å². The van der Waals surface area contributed by atoms with Gasteiger partial charge in [0.15, 0.2) is 0 Å². The number of hydrogen-bond acceptors (Lipinski definition) is 5. The van der Waals surface area contributed by atoms with Gasteiger partial charge in [-0.3, -0.25) is 4.79 Å². The molecule has 1 unspecified atom stereocenters. The maximum atomic E-state index is 12.7. The highest BCUT2D eigenvalue weighted by molar-refractivity contribution is 7.89. The lowest BCUT2D eigenvalue weighted by Crippen LogP contribution is -2.36. The van der Waals surface area contributed by atoms with Crippen molar-refractivity contribution >= 4 is 15.9 Å². The molecule has 0 bridgehead atoms. The Bertz CT molecular complexity index is 972. The average Bonchev–Trinajstić information content (AvgIpc) is 2.66. The number of para-hydroxylation sites is 1. The third kappa shape index (κ3) is 4.52. The van der Waals surface area contributed by atoms with Crippen LogP contribution in [0.15, 0.2) is 47.4 Å². The van der Waals surface area contributed by atoms with Crippen molar-refractivity contribution in [2.24, 2.45) is 0 Å². The number of nitrogens with zero attached hydrogens (tertiary/aromatic N) is 1. The predicted molar refractivity (Wildman–Crippen MR) is 104 cm³/mol. The Kier molecular flexibility index (Phi) is 6.02. The Balaban J connectivity index is 1.78. The molecular weight excluding hydrogens is 380 g/mol. The van der Waals surface area contributed by atoms with Crippen LogP contribution in [-0.2, 0) is 23.0 Å². The molecule has 1 aliphatic rings. The van der Waals surface area contributed by atoms with Crippen LogP contribution in [0.5, 0.6) is 5.75 Å². The summed E-state index contributed by atoms with van der Waals surface area (Å²) in [5, 5.41) is 19.2. The van der Waals surface area contributed by atoms with Crippen molar-refractivity contribution in [3.8, 4) is 5.75 Å². The molecule has 0 saturated carbocycles. The summed E-state index contributed by atoms with van der Waals surface area (Å²) in [7, 11) is -3.69. The summed E-state index contributed by atoms with van der Waals surface area (Å²) >= 11 is 0. The van der Waals surface area contributed by atoms with Crippen LogP contribution in [0.4, 0.5) is 0 Å². The first-order chi connectivity index (χ1) is 13.3. The third-order valence-corrected chi connectivity index (χ3v) is 6.23. The molecule has 1 heterocycles. The lowest BCUT2D eigenvalue weighted by molar-refractivity contribution is 0.0731. The SMILES string of the molecule is CC(O)CCNS(=O)(=O)c1ccc2c(c1)CN(C(=O)c1ccccc1O)CC2. The minimum absolute atomic E-state index is 0.0723. The molecule has 3 rings (SSSR count). The molecule has 1 aliphatic heterocycles. The lowest BCUT2D eigenvalue weighted by Gasteiger charge is -2.29. The quantitative estimate of drug-likeness (QED) is 0.679. The molecule has 0 saturated heterocycles. The fraction of sp³-hybridized carbons (Fsp3) is 0.350. The smallest absolute Gasteiger partial charge is 0.257 e. The van der Waals surface area contributed by atoms with Gasteiger partial charge in [-0.05, 0) is 55.2 Å². The second kappa shape index (κ2) is 8.30. The Hall–Kier alpha value is -2.42. The normalized spacial score (nSPS) is 15.1. The topological polar surface area (TPSA) is 107 Å². The number of fused-ring (bicyclic) bond motifs is 1. The van der Waals surface area contributed by atoms with Gasteiger partial charge in [0.2, 0.25) is 10.0 Å². The van der Waals surface area contributed by atoms with Crippen LogP contribution in [0.25, 0.3) is 0 Å². The molecule has 28 heavy (non-hydrogen) atoms. The average molecular weight is 404 g/mol. The van der Waals surface area contributed by atoms with Gasteiger partial charge in [-0.1, -0.05) is 18.2 Å². The van der Waals surface area contributed by atoms with E-state index < -0.39 is 16.1 Å². The molecule has 3 N–H and O–H groups in total. The number of amides is 1. The van der Waals surface area contributed by atoms with Crippen LogP contribution >= 0.6 is 0 Å². The molecule has 2 aromatic carbocycles. The van der Waals surface area contributed by atoms with Crippen molar-refractivity contribution in [3.05, 3.63) is 59.2 Å². The molecule has 7 nitrogen and oxygen atoms in total. The van der Waals surface area contributed by atoms with Gasteiger partial charge in [0, 0.05) is 19.6 Å². The molecule has 0 aromatic heterocycles. The molecule has 0 radical (unpaired) electrons. The molecule has 8 heteroatoms. The fourth-order valence-corrected chi connectivity index (χ4v) is 4.28. The van der Waals surface area contributed by atoms with Crippen LogP contribution in [-0.4, -0.2) is 48.6 Å². The number of hydrogen-bond donors (Lipinski definition) is 3. The highest BCUT2D eigenvalue weighted by Gasteiger charge is 2.25. The first kappa shape index (κ1) is 20.3. The Morgan fingerprint density at radius 3 is 2.68 bits per heavy atom. The second-order valence-corrected chi connectivity index (χ2v) is 8.73. The van der Waals surface area contributed by atoms with Gasteiger partial charge >= 0.3 is 0 Å². The summed E-state index contributed by atoms with van der Waals surface area (Å²) in [6, 6.07) is 11.3. The van der Waals surface area contributed by atoms with E-state index in [0.717, 1.165) is 11.1 Å². The first-order valence-corrected chi connectivity index (χ1v) is 10.6. The first-order valence-electron chi connectivity index (χ1n) is 9.15. The molecular formula is C20H24N2O5S. The standard InChI is InChI=1S/C20H24N2O5S/c1-14(23)8-10-21-28(26,27)17-7-6-15-9-11-22(13-16(15)12-17)20(25)18-4-2-3-5-19(18)24/h2-7,12,14,21,23-24H,8-11,13H2,1H3. The van der Waals surface area contributed by atoms with Crippen LogP contribution in [0.3, 0.4) is 0 Å². The van der Waals surface area contributed by atoms with E-state index in [0.29, 0.717) is 19.4 Å². The summed E-state index contributed by atoms with van der Waals surface area (Å²) in [5.74, 6) is -0.357. The van der Waals surface area contributed by atoms with Gasteiger partial charge in [-0.2, -0.15) is 0 Å². The Morgan fingerprint density at radius 2 is 1.96 bits per heavy atom. The number of aliphatic hydroxyl groups is 1. The molecule has 0 fully saturated rings. The number of benzene rings is 2. The number of aliphatic hydroxyl groups excluding tert-OH is 1. The summed E-state index contributed by atoms with van der Waals surface area (Å²) in [6.45, 7) is 2.52. The van der Waals surface area contributed by atoms with E-state index in [1.807, 2.05) is 0 Å². The largest absolute Gasteiger partial charge is 0.507 e. The maximum Gasteiger partial charge on any atom is 0.257 e. The monoisotopic (exact) mass is 404 g/mol. The highest BCUT2D eigenvalue weighted by atomic mass is 32.2. The van der Waals surface area contributed by atoms with E-state index in [9.17, 15) is 23.4 Å². The van der Waals surface area contributed by atoms with E-state index >= 15 is 0 Å². The summed E-state index contributed by atoms with van der Waals surface area (Å²) in [5.41, 5.74) is 2.01. The minimum Gasteiger partial charge on any atom is -0.507 e. The lowest BCUT2D eigenvalue weighted by atomic mass is 9.99. The van der Waals surface area contributed by atoms with Gasteiger partial charge in [0.05, 0.1) is 16.6 Å². The number of rotatable bonds is 6. The predicted octanol–water partition coefficient (Wildman–Crippen LogP) is 1.64. The van der Waals surface area contributed by atoms with E-state index in [2.05, 4.69) is 4.72 Å². The van der Waals surface area contributed by atoms with Crippen molar-refractivity contribution in [1.82, 2.24) is 9.62 Å². The number of phenolic OH excluding ortho intramolecular Hbond substituents is 1. The molecule has 150 valence electrons. The van der Waals surface area contributed by atoms with Crippen LogP contribution < -0.4 is 4.72 Å². The zero-order chi connectivity index (χ0) is 20.3. The van der Waals surface area contributed by atoms with Gasteiger partial charge in [-0.15, -0.1) is 0 Å². The third-order valence-electron chi connectivity index (χ3n) is 4.78. The fourth-order valence-electron chi connectivity index (χ4n) is 3.18. The highest BCUT2D eigenvalue weighted by Crippen LogP contribution is 2.25.